The quantitative estimate of drug-likeness (QED) is 0.573. The first kappa shape index (κ1) is 16.0. The zero-order chi connectivity index (χ0) is 17.8. The molecule has 0 bridgehead atoms. The molecule has 3 aromatic rings. The molecule has 0 atom stereocenters. The molecule has 1 amide bonds. The van der Waals surface area contributed by atoms with Gasteiger partial charge in [-0.15, -0.1) is 0 Å². The normalized spacial score (nSPS) is 10.0. The molecule has 3 rings (SSSR count). The number of anilines is 1. The number of rotatable bonds is 4. The van der Waals surface area contributed by atoms with E-state index < -0.39 is 10.8 Å². The van der Waals surface area contributed by atoms with E-state index in [1.807, 2.05) is 36.4 Å². The summed E-state index contributed by atoms with van der Waals surface area (Å²) in [6.07, 6.45) is 0. The molecule has 0 radical (unpaired) electrons. The number of furan rings is 1. The number of hydrogen-bond acceptors (Lipinski definition) is 5. The number of carbonyl (C=O) groups is 1. The Morgan fingerprint density at radius 1 is 1.12 bits per heavy atom. The molecule has 25 heavy (non-hydrogen) atoms. The van der Waals surface area contributed by atoms with Gasteiger partial charge in [0.25, 0.3) is 11.6 Å². The number of nitro benzene ring substituents is 1. The van der Waals surface area contributed by atoms with Crippen molar-refractivity contribution in [3.8, 4) is 17.4 Å². The molecular formula is C18H11N3O4. The molecule has 1 N–H and O–H groups in total. The maximum absolute atomic E-state index is 12.3. The van der Waals surface area contributed by atoms with Crippen molar-refractivity contribution in [3.63, 3.8) is 0 Å². The standard InChI is InChI=1S/C18H11N3O4/c19-11-14-10-16(12-4-2-1-3-5-12)25-18(14)20-17(22)13-6-8-15(9-7-13)21(23)24/h1-10H,(H,20,22). The van der Waals surface area contributed by atoms with Crippen molar-refractivity contribution in [3.05, 3.63) is 81.9 Å². The summed E-state index contributed by atoms with van der Waals surface area (Å²) in [5.74, 6) is -0.0405. The van der Waals surface area contributed by atoms with Gasteiger partial charge in [0, 0.05) is 29.3 Å². The predicted octanol–water partition coefficient (Wildman–Crippen LogP) is 3.98. The largest absolute Gasteiger partial charge is 0.439 e. The Morgan fingerprint density at radius 2 is 1.80 bits per heavy atom. The van der Waals surface area contributed by atoms with Crippen LogP contribution in [0.15, 0.2) is 65.1 Å². The first-order valence-electron chi connectivity index (χ1n) is 7.23. The molecule has 7 heteroatoms. The number of carbonyl (C=O) groups excluding carboxylic acids is 1. The van der Waals surface area contributed by atoms with Crippen LogP contribution in [0.25, 0.3) is 11.3 Å². The minimum Gasteiger partial charge on any atom is -0.439 e. The molecule has 1 aromatic heterocycles. The Kier molecular flexibility index (Phi) is 4.26. The van der Waals surface area contributed by atoms with Crippen LogP contribution < -0.4 is 5.32 Å². The lowest BCUT2D eigenvalue weighted by Crippen LogP contribution is -2.12. The van der Waals surface area contributed by atoms with E-state index in [1.54, 1.807) is 6.07 Å². The molecule has 0 fully saturated rings. The fraction of sp³-hybridized carbons (Fsp3) is 0. The summed E-state index contributed by atoms with van der Waals surface area (Å²) in [5.41, 5.74) is 1.06. The lowest BCUT2D eigenvalue weighted by Gasteiger charge is -2.02. The van der Waals surface area contributed by atoms with E-state index >= 15 is 0 Å². The summed E-state index contributed by atoms with van der Waals surface area (Å²) in [6, 6.07) is 17.8. The molecule has 0 spiro atoms. The van der Waals surface area contributed by atoms with Crippen LogP contribution in [0.2, 0.25) is 0 Å². The number of nitrogens with zero attached hydrogens (tertiary/aromatic N) is 2. The van der Waals surface area contributed by atoms with Gasteiger partial charge >= 0.3 is 0 Å². The second-order valence-corrected chi connectivity index (χ2v) is 5.09. The third kappa shape index (κ3) is 3.38. The topological polar surface area (TPSA) is 109 Å². The fourth-order valence-corrected chi connectivity index (χ4v) is 2.22. The molecule has 1 heterocycles. The molecule has 0 aliphatic rings. The van der Waals surface area contributed by atoms with E-state index in [4.69, 9.17) is 4.42 Å². The van der Waals surface area contributed by atoms with Crippen LogP contribution >= 0.6 is 0 Å². The lowest BCUT2D eigenvalue weighted by atomic mass is 10.1. The summed E-state index contributed by atoms with van der Waals surface area (Å²) in [4.78, 5) is 22.4. The molecular weight excluding hydrogens is 322 g/mol. The molecule has 0 saturated carbocycles. The van der Waals surface area contributed by atoms with E-state index in [-0.39, 0.29) is 22.7 Å². The number of nitrogens with one attached hydrogen (secondary N) is 1. The van der Waals surface area contributed by atoms with Crippen LogP contribution in [-0.2, 0) is 0 Å². The van der Waals surface area contributed by atoms with Gasteiger partial charge < -0.3 is 4.42 Å². The molecule has 2 aromatic carbocycles. The lowest BCUT2D eigenvalue weighted by molar-refractivity contribution is -0.384. The van der Waals surface area contributed by atoms with Crippen LogP contribution in [0.3, 0.4) is 0 Å². The first-order chi connectivity index (χ1) is 12.1. The highest BCUT2D eigenvalue weighted by Crippen LogP contribution is 2.29. The molecule has 0 saturated heterocycles. The molecule has 122 valence electrons. The minimum absolute atomic E-state index is 0.0321. The van der Waals surface area contributed by atoms with Gasteiger partial charge in [-0.2, -0.15) is 5.26 Å². The zero-order valence-corrected chi connectivity index (χ0v) is 12.8. The van der Waals surface area contributed by atoms with Gasteiger partial charge in [-0.05, 0) is 12.1 Å². The Labute approximate surface area is 142 Å². The summed E-state index contributed by atoms with van der Waals surface area (Å²) in [5, 5.41) is 22.4. The maximum atomic E-state index is 12.3. The molecule has 0 unspecified atom stereocenters. The highest BCUT2D eigenvalue weighted by molar-refractivity contribution is 6.04. The first-order valence-corrected chi connectivity index (χ1v) is 7.23. The van der Waals surface area contributed by atoms with Crippen molar-refractivity contribution in [2.45, 2.75) is 0 Å². The second-order valence-electron chi connectivity index (χ2n) is 5.09. The van der Waals surface area contributed by atoms with Gasteiger partial charge in [0.1, 0.15) is 17.4 Å². The Bertz CT molecular complexity index is 970. The van der Waals surface area contributed by atoms with E-state index in [1.165, 1.54) is 24.3 Å². The summed E-state index contributed by atoms with van der Waals surface area (Å²) < 4.78 is 5.58. The van der Waals surface area contributed by atoms with Crippen LogP contribution in [0.4, 0.5) is 11.6 Å². The SMILES string of the molecule is N#Cc1cc(-c2ccccc2)oc1NC(=O)c1ccc([N+](=O)[O-])cc1. The van der Waals surface area contributed by atoms with E-state index in [0.29, 0.717) is 5.76 Å². The van der Waals surface area contributed by atoms with Crippen LogP contribution in [0.1, 0.15) is 15.9 Å². The van der Waals surface area contributed by atoms with Crippen LogP contribution in [0.5, 0.6) is 0 Å². The van der Waals surface area contributed by atoms with Gasteiger partial charge in [-0.3, -0.25) is 20.2 Å². The number of amides is 1. The average Bonchev–Trinajstić information content (AvgIpc) is 3.05. The summed E-state index contributed by atoms with van der Waals surface area (Å²) in [7, 11) is 0. The molecule has 7 nitrogen and oxygen atoms in total. The highest BCUT2D eigenvalue weighted by atomic mass is 16.6. The number of hydrogen-bond donors (Lipinski definition) is 1. The minimum atomic E-state index is -0.547. The Morgan fingerprint density at radius 3 is 2.40 bits per heavy atom. The van der Waals surface area contributed by atoms with Gasteiger partial charge in [-0.1, -0.05) is 30.3 Å². The number of benzene rings is 2. The average molecular weight is 333 g/mol. The van der Waals surface area contributed by atoms with Crippen molar-refractivity contribution >= 4 is 17.5 Å². The highest BCUT2D eigenvalue weighted by Gasteiger charge is 2.16. The van der Waals surface area contributed by atoms with Crippen LogP contribution in [-0.4, -0.2) is 10.8 Å². The Balaban J connectivity index is 1.85. The van der Waals surface area contributed by atoms with Gasteiger partial charge in [0.05, 0.1) is 4.92 Å². The summed E-state index contributed by atoms with van der Waals surface area (Å²) >= 11 is 0. The van der Waals surface area contributed by atoms with Crippen molar-refractivity contribution in [1.29, 1.82) is 5.26 Å². The number of non-ortho nitro benzene ring substituents is 1. The van der Waals surface area contributed by atoms with E-state index in [0.717, 1.165) is 5.56 Å². The van der Waals surface area contributed by atoms with Crippen molar-refractivity contribution in [1.82, 2.24) is 0 Å². The molecule has 0 aliphatic heterocycles. The van der Waals surface area contributed by atoms with Crippen molar-refractivity contribution in [2.24, 2.45) is 0 Å². The van der Waals surface area contributed by atoms with Gasteiger partial charge in [-0.25, -0.2) is 0 Å². The van der Waals surface area contributed by atoms with E-state index in [2.05, 4.69) is 5.32 Å². The van der Waals surface area contributed by atoms with E-state index in [9.17, 15) is 20.2 Å². The summed E-state index contributed by atoms with van der Waals surface area (Å²) in [6.45, 7) is 0. The van der Waals surface area contributed by atoms with Crippen molar-refractivity contribution < 1.29 is 14.1 Å². The smallest absolute Gasteiger partial charge is 0.269 e. The number of nitriles is 1. The van der Waals surface area contributed by atoms with Crippen molar-refractivity contribution in [2.75, 3.05) is 5.32 Å². The Hall–Kier alpha value is -3.92. The van der Waals surface area contributed by atoms with Crippen LogP contribution in [0, 0.1) is 21.4 Å². The van der Waals surface area contributed by atoms with Gasteiger partial charge in [0.2, 0.25) is 5.88 Å². The number of nitro groups is 1. The second kappa shape index (κ2) is 6.68. The third-order valence-corrected chi connectivity index (χ3v) is 3.48. The third-order valence-electron chi connectivity index (χ3n) is 3.48. The zero-order valence-electron chi connectivity index (χ0n) is 12.8. The molecule has 0 aliphatic carbocycles. The van der Waals surface area contributed by atoms with Gasteiger partial charge in [0.15, 0.2) is 0 Å². The fourth-order valence-electron chi connectivity index (χ4n) is 2.22. The maximum Gasteiger partial charge on any atom is 0.269 e. The predicted molar refractivity (Wildman–Crippen MR) is 89.9 cm³/mol. The monoisotopic (exact) mass is 333 g/mol.